The van der Waals surface area contributed by atoms with E-state index in [4.69, 9.17) is 5.11 Å². The van der Waals surface area contributed by atoms with Crippen LogP contribution in [0.25, 0.3) is 0 Å². The van der Waals surface area contributed by atoms with E-state index in [9.17, 15) is 0 Å². The van der Waals surface area contributed by atoms with Gasteiger partial charge >= 0.3 is 0 Å². The molecule has 4 heteroatoms. The quantitative estimate of drug-likeness (QED) is 0.600. The third-order valence-corrected chi connectivity index (χ3v) is 4.07. The van der Waals surface area contributed by atoms with Crippen LogP contribution in [-0.2, 0) is 6.54 Å². The molecule has 16 heavy (non-hydrogen) atoms. The highest BCUT2D eigenvalue weighted by molar-refractivity contribution is 9.10. The lowest BCUT2D eigenvalue weighted by molar-refractivity contribution is 0.322. The number of thioether (sulfide) groups is 1. The summed E-state index contributed by atoms with van der Waals surface area (Å²) in [6.07, 6.45) is 1.16. The van der Waals surface area contributed by atoms with Crippen molar-refractivity contribution in [3.05, 3.63) is 28.2 Å². The third-order valence-electron chi connectivity index (χ3n) is 2.10. The maximum absolute atomic E-state index is 8.77. The Morgan fingerprint density at radius 3 is 2.88 bits per heavy atom. The number of aliphatic hydroxyl groups excluding tert-OH is 1. The van der Waals surface area contributed by atoms with E-state index >= 15 is 0 Å². The van der Waals surface area contributed by atoms with Gasteiger partial charge in [-0.2, -0.15) is 0 Å². The number of aliphatic hydroxyl groups is 1. The molecule has 0 fully saturated rings. The first-order valence-corrected chi connectivity index (χ1v) is 7.28. The average molecular weight is 304 g/mol. The number of benzene rings is 1. The number of hydrogen-bond donors (Lipinski definition) is 2. The fraction of sp³-hybridized carbons (Fsp3) is 0.500. The molecule has 0 spiro atoms. The first-order chi connectivity index (χ1) is 7.77. The Morgan fingerprint density at radius 1 is 1.44 bits per heavy atom. The zero-order valence-electron chi connectivity index (χ0n) is 9.50. The van der Waals surface area contributed by atoms with E-state index in [1.165, 1.54) is 10.5 Å². The van der Waals surface area contributed by atoms with Gasteiger partial charge in [0, 0.05) is 21.7 Å². The number of halogens is 1. The highest BCUT2D eigenvalue weighted by atomic mass is 79.9. The summed E-state index contributed by atoms with van der Waals surface area (Å²) in [5, 5.41) is 12.1. The normalized spacial score (nSPS) is 10.7. The molecule has 0 saturated carbocycles. The molecule has 0 heterocycles. The summed E-state index contributed by atoms with van der Waals surface area (Å²) < 4.78 is 1.11. The minimum atomic E-state index is 0.219. The van der Waals surface area contributed by atoms with Gasteiger partial charge < -0.3 is 10.4 Å². The van der Waals surface area contributed by atoms with Crippen LogP contribution in [0.1, 0.15) is 18.9 Å². The summed E-state index contributed by atoms with van der Waals surface area (Å²) in [4.78, 5) is 1.19. The third kappa shape index (κ3) is 4.87. The summed E-state index contributed by atoms with van der Waals surface area (Å²) in [6, 6.07) is 6.38. The number of nitrogens with one attached hydrogen (secondary N) is 1. The molecule has 0 aliphatic rings. The zero-order valence-corrected chi connectivity index (χ0v) is 11.9. The molecule has 1 rings (SSSR count). The van der Waals surface area contributed by atoms with Crippen molar-refractivity contribution >= 4 is 27.7 Å². The standard InChI is InChI=1S/C12H18BrNOS/c1-2-5-14-9-10-3-4-12(11(13)8-10)16-7-6-15/h3-4,8,14-15H,2,5-7,9H2,1H3. The maximum Gasteiger partial charge on any atom is 0.0525 e. The predicted molar refractivity (Wildman–Crippen MR) is 73.9 cm³/mol. The molecule has 0 radical (unpaired) electrons. The lowest BCUT2D eigenvalue weighted by Crippen LogP contribution is -2.13. The second-order valence-electron chi connectivity index (χ2n) is 3.51. The Hall–Kier alpha value is -0.0300. The van der Waals surface area contributed by atoms with Gasteiger partial charge in [-0.05, 0) is 46.6 Å². The summed E-state index contributed by atoms with van der Waals surface area (Å²) in [7, 11) is 0. The van der Waals surface area contributed by atoms with Crippen LogP contribution in [0.5, 0.6) is 0 Å². The van der Waals surface area contributed by atoms with Crippen molar-refractivity contribution < 1.29 is 5.11 Å². The van der Waals surface area contributed by atoms with Crippen LogP contribution in [-0.4, -0.2) is 24.0 Å². The van der Waals surface area contributed by atoms with Gasteiger partial charge in [0.25, 0.3) is 0 Å². The van der Waals surface area contributed by atoms with Gasteiger partial charge in [-0.1, -0.05) is 13.0 Å². The summed E-state index contributed by atoms with van der Waals surface area (Å²) >= 11 is 5.22. The van der Waals surface area contributed by atoms with Crippen molar-refractivity contribution in [1.29, 1.82) is 0 Å². The van der Waals surface area contributed by atoms with Gasteiger partial charge in [0.05, 0.1) is 6.61 Å². The zero-order chi connectivity index (χ0) is 11.8. The molecule has 1 aromatic rings. The lowest BCUT2D eigenvalue weighted by Gasteiger charge is -2.07. The molecule has 90 valence electrons. The van der Waals surface area contributed by atoms with Crippen molar-refractivity contribution in [3.63, 3.8) is 0 Å². The highest BCUT2D eigenvalue weighted by Gasteiger charge is 2.01. The van der Waals surface area contributed by atoms with E-state index in [1.807, 2.05) is 0 Å². The van der Waals surface area contributed by atoms with Gasteiger partial charge in [-0.3, -0.25) is 0 Å². The van der Waals surface area contributed by atoms with E-state index < -0.39 is 0 Å². The Kier molecular flexibility index (Phi) is 7.12. The summed E-state index contributed by atoms with van der Waals surface area (Å²) in [5.41, 5.74) is 1.29. The van der Waals surface area contributed by atoms with Crippen LogP contribution in [0, 0.1) is 0 Å². The van der Waals surface area contributed by atoms with Crippen molar-refractivity contribution in [1.82, 2.24) is 5.32 Å². The topological polar surface area (TPSA) is 32.3 Å². The van der Waals surface area contributed by atoms with Crippen LogP contribution >= 0.6 is 27.7 Å². The second-order valence-corrected chi connectivity index (χ2v) is 5.50. The molecule has 0 unspecified atom stereocenters. The number of rotatable bonds is 7. The van der Waals surface area contributed by atoms with Crippen LogP contribution in [0.3, 0.4) is 0 Å². The van der Waals surface area contributed by atoms with Crippen LogP contribution < -0.4 is 5.32 Å². The Balaban J connectivity index is 2.53. The molecule has 0 aromatic heterocycles. The molecule has 0 aliphatic heterocycles. The fourth-order valence-electron chi connectivity index (χ4n) is 1.34. The smallest absolute Gasteiger partial charge is 0.0525 e. The first kappa shape index (κ1) is 14.0. The Labute approximate surface area is 110 Å². The van der Waals surface area contributed by atoms with Gasteiger partial charge in [0.2, 0.25) is 0 Å². The van der Waals surface area contributed by atoms with Gasteiger partial charge in [-0.25, -0.2) is 0 Å². The van der Waals surface area contributed by atoms with Crippen molar-refractivity contribution in [3.8, 4) is 0 Å². The van der Waals surface area contributed by atoms with Crippen LogP contribution in [0.15, 0.2) is 27.6 Å². The molecule has 0 bridgehead atoms. The van der Waals surface area contributed by atoms with E-state index in [2.05, 4.69) is 46.4 Å². The molecular weight excluding hydrogens is 286 g/mol. The van der Waals surface area contributed by atoms with Crippen LogP contribution in [0.2, 0.25) is 0 Å². The van der Waals surface area contributed by atoms with E-state index in [0.717, 1.165) is 29.7 Å². The molecule has 1 aromatic carbocycles. The Bertz CT molecular complexity index is 320. The predicted octanol–water partition coefficient (Wildman–Crippen LogP) is 3.03. The molecule has 0 atom stereocenters. The summed E-state index contributed by atoms with van der Waals surface area (Å²) in [6.45, 7) is 4.35. The van der Waals surface area contributed by atoms with Crippen LogP contribution in [0.4, 0.5) is 0 Å². The highest BCUT2D eigenvalue weighted by Crippen LogP contribution is 2.28. The second kappa shape index (κ2) is 8.12. The van der Waals surface area contributed by atoms with E-state index in [-0.39, 0.29) is 6.61 Å². The molecular formula is C12H18BrNOS. The first-order valence-electron chi connectivity index (χ1n) is 5.50. The van der Waals surface area contributed by atoms with Crippen molar-refractivity contribution in [2.75, 3.05) is 18.9 Å². The van der Waals surface area contributed by atoms with E-state index in [0.29, 0.717) is 0 Å². The average Bonchev–Trinajstić information content (AvgIpc) is 2.28. The van der Waals surface area contributed by atoms with E-state index in [1.54, 1.807) is 11.8 Å². The van der Waals surface area contributed by atoms with Gasteiger partial charge in [0.15, 0.2) is 0 Å². The SMILES string of the molecule is CCCNCc1ccc(SCCO)c(Br)c1. The molecule has 2 N–H and O–H groups in total. The van der Waals surface area contributed by atoms with Gasteiger partial charge in [-0.15, -0.1) is 11.8 Å². The number of hydrogen-bond acceptors (Lipinski definition) is 3. The minimum absolute atomic E-state index is 0.219. The lowest BCUT2D eigenvalue weighted by atomic mass is 10.2. The molecule has 0 saturated heterocycles. The monoisotopic (exact) mass is 303 g/mol. The largest absolute Gasteiger partial charge is 0.396 e. The molecule has 2 nitrogen and oxygen atoms in total. The molecule has 0 aliphatic carbocycles. The maximum atomic E-state index is 8.77. The van der Waals surface area contributed by atoms with Crippen molar-refractivity contribution in [2.45, 2.75) is 24.8 Å². The molecule has 0 amide bonds. The summed E-state index contributed by atoms with van der Waals surface area (Å²) in [5.74, 6) is 0.742. The van der Waals surface area contributed by atoms with Crippen molar-refractivity contribution in [2.24, 2.45) is 0 Å². The fourth-order valence-corrected chi connectivity index (χ4v) is 2.78. The van der Waals surface area contributed by atoms with Gasteiger partial charge in [0.1, 0.15) is 0 Å². The Morgan fingerprint density at radius 2 is 2.25 bits per heavy atom. The minimum Gasteiger partial charge on any atom is -0.396 e.